The van der Waals surface area contributed by atoms with Crippen LogP contribution in [0.4, 0.5) is 4.39 Å². The van der Waals surface area contributed by atoms with E-state index < -0.39 is 0 Å². The molecule has 2 aromatic rings. The molecule has 2 aliphatic carbocycles. The summed E-state index contributed by atoms with van der Waals surface area (Å²) in [5, 5.41) is 1.63. The quantitative estimate of drug-likeness (QED) is 0.506. The molecular formula is C25H31FO. The number of hydrogen-bond acceptors (Lipinski definition) is 1. The molecule has 0 amide bonds. The van der Waals surface area contributed by atoms with Gasteiger partial charge >= 0.3 is 0 Å². The molecule has 0 N–H and O–H groups in total. The van der Waals surface area contributed by atoms with Crippen LogP contribution in [-0.2, 0) is 0 Å². The van der Waals surface area contributed by atoms with E-state index in [-0.39, 0.29) is 5.82 Å². The van der Waals surface area contributed by atoms with Crippen molar-refractivity contribution in [2.24, 2.45) is 17.8 Å². The molecule has 0 saturated heterocycles. The molecule has 2 fully saturated rings. The molecular weight excluding hydrogens is 335 g/mol. The van der Waals surface area contributed by atoms with Crippen molar-refractivity contribution in [2.75, 3.05) is 6.61 Å². The van der Waals surface area contributed by atoms with Crippen molar-refractivity contribution in [1.29, 1.82) is 0 Å². The van der Waals surface area contributed by atoms with Crippen molar-refractivity contribution >= 4 is 10.8 Å². The summed E-state index contributed by atoms with van der Waals surface area (Å²) < 4.78 is 20.1. The number of hydrogen-bond donors (Lipinski definition) is 0. The molecule has 4 atom stereocenters. The minimum atomic E-state index is -0.262. The fraction of sp³-hybridized carbons (Fsp3) is 0.520. The second kappa shape index (κ2) is 8.04. The van der Waals surface area contributed by atoms with Crippen molar-refractivity contribution in [3.63, 3.8) is 0 Å². The van der Waals surface area contributed by atoms with Gasteiger partial charge in [-0.3, -0.25) is 0 Å². The van der Waals surface area contributed by atoms with Crippen LogP contribution in [0.25, 0.3) is 10.8 Å². The fourth-order valence-electron chi connectivity index (χ4n) is 5.46. The predicted octanol–water partition coefficient (Wildman–Crippen LogP) is 7.25. The zero-order valence-electron chi connectivity index (χ0n) is 16.4. The Morgan fingerprint density at radius 3 is 2.70 bits per heavy atom. The van der Waals surface area contributed by atoms with E-state index in [0.717, 1.165) is 23.1 Å². The van der Waals surface area contributed by atoms with Gasteiger partial charge in [0.25, 0.3) is 0 Å². The standard InChI is InChI=1S/C25H31FO/c1-3-13-27-24-12-10-22-16-21(9-11-23(22)25(24)26)20-8-7-18-14-17(4-2)5-6-19(18)15-20/h3,9-12,16-20H,1,4-8,13-15H2,2H3/t17?,18-,19?,20-/m1/s1. The molecule has 0 heterocycles. The summed E-state index contributed by atoms with van der Waals surface area (Å²) in [7, 11) is 0. The molecule has 144 valence electrons. The number of ether oxygens (including phenoxy) is 1. The van der Waals surface area contributed by atoms with Crippen LogP contribution in [0.5, 0.6) is 5.75 Å². The monoisotopic (exact) mass is 366 g/mol. The Morgan fingerprint density at radius 1 is 1.07 bits per heavy atom. The van der Waals surface area contributed by atoms with Gasteiger partial charge < -0.3 is 4.74 Å². The first-order valence-electron chi connectivity index (χ1n) is 10.7. The minimum Gasteiger partial charge on any atom is -0.486 e. The summed E-state index contributed by atoms with van der Waals surface area (Å²) in [5.41, 5.74) is 1.39. The Balaban J connectivity index is 1.52. The normalized spacial score (nSPS) is 27.9. The fourth-order valence-corrected chi connectivity index (χ4v) is 5.46. The van der Waals surface area contributed by atoms with Crippen molar-refractivity contribution in [3.8, 4) is 5.75 Å². The van der Waals surface area contributed by atoms with Crippen molar-refractivity contribution in [2.45, 2.75) is 57.8 Å². The van der Waals surface area contributed by atoms with Crippen LogP contribution in [0.1, 0.15) is 63.4 Å². The smallest absolute Gasteiger partial charge is 0.172 e. The molecule has 2 aromatic carbocycles. The molecule has 2 saturated carbocycles. The predicted molar refractivity (Wildman–Crippen MR) is 111 cm³/mol. The highest BCUT2D eigenvalue weighted by Crippen LogP contribution is 2.48. The van der Waals surface area contributed by atoms with Gasteiger partial charge in [-0.05, 0) is 72.8 Å². The molecule has 0 spiro atoms. The first-order valence-corrected chi connectivity index (χ1v) is 10.7. The SMILES string of the molecule is C=CCOc1ccc2cc([C@@H]3CC[C@@H]4CC(CC)CCC4C3)ccc2c1F. The van der Waals surface area contributed by atoms with Crippen LogP contribution < -0.4 is 4.74 Å². The van der Waals surface area contributed by atoms with Gasteiger partial charge in [-0.15, -0.1) is 0 Å². The Hall–Kier alpha value is -1.83. The second-order valence-electron chi connectivity index (χ2n) is 8.58. The lowest BCUT2D eigenvalue weighted by Gasteiger charge is -2.42. The summed E-state index contributed by atoms with van der Waals surface area (Å²) >= 11 is 0. The number of halogens is 1. The lowest BCUT2D eigenvalue weighted by atomic mass is 9.63. The Bertz CT molecular complexity index is 811. The molecule has 2 heteroatoms. The summed E-state index contributed by atoms with van der Waals surface area (Å²) in [5.74, 6) is 3.49. The molecule has 0 bridgehead atoms. The van der Waals surface area contributed by atoms with Gasteiger partial charge in [-0.25, -0.2) is 4.39 Å². The van der Waals surface area contributed by atoms with E-state index in [1.54, 1.807) is 12.1 Å². The van der Waals surface area contributed by atoms with Gasteiger partial charge in [0, 0.05) is 5.39 Å². The number of fused-ring (bicyclic) bond motifs is 2. The Labute approximate surface area is 162 Å². The summed E-state index contributed by atoms with van der Waals surface area (Å²) in [6.45, 7) is 6.29. The van der Waals surface area contributed by atoms with Gasteiger partial charge in [0.05, 0.1) is 0 Å². The highest BCUT2D eigenvalue weighted by molar-refractivity contribution is 5.85. The highest BCUT2D eigenvalue weighted by Gasteiger charge is 2.35. The molecule has 0 aliphatic heterocycles. The van der Waals surface area contributed by atoms with Crippen molar-refractivity contribution in [3.05, 3.63) is 54.4 Å². The van der Waals surface area contributed by atoms with Gasteiger partial charge in [-0.2, -0.15) is 0 Å². The lowest BCUT2D eigenvalue weighted by Crippen LogP contribution is -2.30. The molecule has 4 rings (SSSR count). The van der Waals surface area contributed by atoms with Crippen molar-refractivity contribution < 1.29 is 9.13 Å². The van der Waals surface area contributed by atoms with Crippen LogP contribution in [0.3, 0.4) is 0 Å². The highest BCUT2D eigenvalue weighted by atomic mass is 19.1. The maximum atomic E-state index is 14.7. The third kappa shape index (κ3) is 3.77. The van der Waals surface area contributed by atoms with E-state index in [1.807, 2.05) is 12.1 Å². The molecule has 0 radical (unpaired) electrons. The summed E-state index contributed by atoms with van der Waals surface area (Å²) in [4.78, 5) is 0. The van der Waals surface area contributed by atoms with Gasteiger partial charge in [0.15, 0.2) is 11.6 Å². The third-order valence-corrected chi connectivity index (χ3v) is 7.07. The molecule has 27 heavy (non-hydrogen) atoms. The van der Waals surface area contributed by atoms with Crippen LogP contribution in [0, 0.1) is 23.6 Å². The molecule has 1 nitrogen and oxygen atoms in total. The second-order valence-corrected chi connectivity index (χ2v) is 8.58. The van der Waals surface area contributed by atoms with Crippen LogP contribution in [0.15, 0.2) is 43.0 Å². The molecule has 2 unspecified atom stereocenters. The van der Waals surface area contributed by atoms with E-state index in [4.69, 9.17) is 4.74 Å². The Morgan fingerprint density at radius 2 is 1.89 bits per heavy atom. The average molecular weight is 367 g/mol. The van der Waals surface area contributed by atoms with Crippen molar-refractivity contribution in [1.82, 2.24) is 0 Å². The van der Waals surface area contributed by atoms with E-state index in [9.17, 15) is 4.39 Å². The lowest BCUT2D eigenvalue weighted by molar-refractivity contribution is 0.116. The third-order valence-electron chi connectivity index (χ3n) is 7.07. The first kappa shape index (κ1) is 18.5. The zero-order chi connectivity index (χ0) is 18.8. The van der Waals surface area contributed by atoms with Gasteiger partial charge in [0.1, 0.15) is 6.61 Å². The maximum absolute atomic E-state index is 14.7. The summed E-state index contributed by atoms with van der Waals surface area (Å²) in [6.07, 6.45) is 11.2. The number of rotatable bonds is 5. The first-order chi connectivity index (χ1) is 13.2. The number of benzene rings is 2. The zero-order valence-corrected chi connectivity index (χ0v) is 16.4. The van der Waals surface area contributed by atoms with E-state index in [0.29, 0.717) is 23.7 Å². The largest absolute Gasteiger partial charge is 0.486 e. The average Bonchev–Trinajstić information content (AvgIpc) is 2.72. The topological polar surface area (TPSA) is 9.23 Å². The summed E-state index contributed by atoms with van der Waals surface area (Å²) in [6, 6.07) is 10.0. The van der Waals surface area contributed by atoms with Gasteiger partial charge in [-0.1, -0.05) is 56.7 Å². The van der Waals surface area contributed by atoms with E-state index in [2.05, 4.69) is 25.6 Å². The minimum absolute atomic E-state index is 0.262. The molecule has 2 aliphatic rings. The van der Waals surface area contributed by atoms with E-state index in [1.165, 1.54) is 50.5 Å². The van der Waals surface area contributed by atoms with Crippen LogP contribution in [-0.4, -0.2) is 6.61 Å². The van der Waals surface area contributed by atoms with Gasteiger partial charge in [0.2, 0.25) is 0 Å². The maximum Gasteiger partial charge on any atom is 0.172 e. The van der Waals surface area contributed by atoms with Crippen LogP contribution >= 0.6 is 0 Å². The Kier molecular flexibility index (Phi) is 5.52. The molecule has 0 aromatic heterocycles. The van der Waals surface area contributed by atoms with E-state index >= 15 is 0 Å². The van der Waals surface area contributed by atoms with Crippen LogP contribution in [0.2, 0.25) is 0 Å².